The van der Waals surface area contributed by atoms with Gasteiger partial charge in [-0.3, -0.25) is 9.69 Å². The summed E-state index contributed by atoms with van der Waals surface area (Å²) in [4.78, 5) is 14.9. The molecule has 51 heavy (non-hydrogen) atoms. The molecule has 2 heterocycles. The van der Waals surface area contributed by atoms with Crippen molar-refractivity contribution >= 4 is 5.97 Å². The van der Waals surface area contributed by atoms with Crippen LogP contribution < -0.4 is 5.32 Å². The highest BCUT2D eigenvalue weighted by Crippen LogP contribution is 2.76. The highest BCUT2D eigenvalue weighted by Gasteiger charge is 2.70. The van der Waals surface area contributed by atoms with Gasteiger partial charge in [-0.1, -0.05) is 58.9 Å². The lowest BCUT2D eigenvalue weighted by atomic mass is 9.33. The summed E-state index contributed by atoms with van der Waals surface area (Å²) in [5.74, 6) is 4.05. The van der Waals surface area contributed by atoms with E-state index in [1.54, 1.807) is 11.1 Å². The largest absolute Gasteiger partial charge is 0.466 e. The van der Waals surface area contributed by atoms with E-state index in [1.165, 1.54) is 76.3 Å². The molecule has 4 saturated carbocycles. The first-order valence-corrected chi connectivity index (χ1v) is 21.6. The van der Waals surface area contributed by atoms with Crippen LogP contribution in [0, 0.1) is 57.2 Å². The Morgan fingerprint density at radius 3 is 2.53 bits per heavy atom. The Labute approximate surface area is 312 Å². The molecule has 1 N–H and O–H groups in total. The number of carbonyl (C=O) groups excluding carboxylic acids is 1. The molecule has 0 spiro atoms. The van der Waals surface area contributed by atoms with Crippen molar-refractivity contribution in [2.24, 2.45) is 57.2 Å². The number of carbonyl (C=O) groups is 1. The minimum absolute atomic E-state index is 0. The van der Waals surface area contributed by atoms with Gasteiger partial charge < -0.3 is 14.8 Å². The lowest BCUT2D eigenvalue weighted by molar-refractivity contribution is -0.221. The molecule has 6 aliphatic carbocycles. The molecule has 0 radical (unpaired) electrons. The van der Waals surface area contributed by atoms with E-state index in [1.807, 2.05) is 6.92 Å². The smallest absolute Gasteiger partial charge is 0.306 e. The van der Waals surface area contributed by atoms with Gasteiger partial charge >= 0.3 is 5.97 Å². The monoisotopic (exact) mass is 703 g/mol. The van der Waals surface area contributed by atoms with Gasteiger partial charge in [-0.15, -0.1) is 0 Å². The van der Waals surface area contributed by atoms with Crippen LogP contribution in [0.4, 0.5) is 0 Å². The van der Waals surface area contributed by atoms with E-state index in [2.05, 4.69) is 70.5 Å². The van der Waals surface area contributed by atoms with E-state index in [0.717, 1.165) is 56.7 Å². The van der Waals surface area contributed by atoms with Crippen LogP contribution in [-0.2, 0) is 14.3 Å². The molecule has 12 atom stereocenters. The Hall–Kier alpha value is -1.43. The fourth-order valence-electron chi connectivity index (χ4n) is 15.6. The average Bonchev–Trinajstić information content (AvgIpc) is 3.81. The van der Waals surface area contributed by atoms with Gasteiger partial charge in [0.25, 0.3) is 0 Å². The second-order valence-corrected chi connectivity index (χ2v) is 20.5. The highest BCUT2D eigenvalue weighted by molar-refractivity contribution is 5.69. The van der Waals surface area contributed by atoms with Crippen molar-refractivity contribution in [3.8, 4) is 0 Å². The van der Waals surface area contributed by atoms with Gasteiger partial charge in [0.2, 0.25) is 0 Å². The second-order valence-electron chi connectivity index (χ2n) is 20.5. The zero-order valence-electron chi connectivity index (χ0n) is 33.6. The van der Waals surface area contributed by atoms with Gasteiger partial charge in [0.15, 0.2) is 0 Å². The van der Waals surface area contributed by atoms with Crippen LogP contribution in [0.5, 0.6) is 0 Å². The summed E-state index contributed by atoms with van der Waals surface area (Å²) in [5, 5.41) is 4.36. The minimum atomic E-state index is -0.0241. The van der Waals surface area contributed by atoms with E-state index < -0.39 is 0 Å². The van der Waals surface area contributed by atoms with Crippen molar-refractivity contribution in [3.63, 3.8) is 0 Å². The summed E-state index contributed by atoms with van der Waals surface area (Å²) < 4.78 is 11.2. The van der Waals surface area contributed by atoms with Crippen molar-refractivity contribution in [3.05, 3.63) is 35.5 Å². The summed E-state index contributed by atoms with van der Waals surface area (Å²) in [6.45, 7) is 27.3. The number of nitrogens with one attached hydrogen (secondary N) is 1. The van der Waals surface area contributed by atoms with Crippen LogP contribution in [0.25, 0.3) is 0 Å². The maximum absolute atomic E-state index is 12.2. The normalized spacial score (nSPS) is 47.0. The van der Waals surface area contributed by atoms with Crippen molar-refractivity contribution in [1.29, 1.82) is 0 Å². The number of nitrogens with zero attached hydrogens (tertiary/aromatic N) is 1. The first kappa shape index (κ1) is 36.5. The number of fused-ring (bicyclic) bond motifs is 9. The topological polar surface area (TPSA) is 50.8 Å². The standard InChI is InChI=1S/C46H72N2O3.H2/c1-9-50-40(49)26-31-10-12-32(13-11-31)36-17-19-43(6)38(42(36,4)5)18-20-45(8)39(43)15-14-37-41-35(30(2)3)16-21-46(41,23-22-44(37,45)7)47-24-25-48-28-34-27-33(48)29-51-34;/h12,17,31,33-35,37-39,41,47H,2,9-11,13-16,18-29H2,1,3-8H3;1H/t31?,33?,34?,35-,37+,38-,39+,41+,43-,44+,45+,46-;/m0./s1. The molecule has 6 fully saturated rings. The summed E-state index contributed by atoms with van der Waals surface area (Å²) in [6.07, 6.45) is 22.9. The number of likely N-dealkylation sites (tertiary alicyclic amines) is 1. The van der Waals surface area contributed by atoms with Crippen molar-refractivity contribution in [2.75, 3.05) is 32.8 Å². The Kier molecular flexibility index (Phi) is 9.39. The molecule has 0 aromatic rings. The molecule has 5 nitrogen and oxygen atoms in total. The fraction of sp³-hybridized carbons (Fsp3) is 0.848. The van der Waals surface area contributed by atoms with Crippen molar-refractivity contribution in [1.82, 2.24) is 10.2 Å². The Morgan fingerprint density at radius 2 is 1.84 bits per heavy atom. The molecular formula is C46H74N2O3. The summed E-state index contributed by atoms with van der Waals surface area (Å²) in [7, 11) is 0. The van der Waals surface area contributed by atoms with Crippen LogP contribution in [0.1, 0.15) is 140 Å². The fourth-order valence-corrected chi connectivity index (χ4v) is 15.6. The Morgan fingerprint density at radius 1 is 1.02 bits per heavy atom. The molecule has 8 aliphatic rings. The van der Waals surface area contributed by atoms with Gasteiger partial charge in [0.05, 0.1) is 19.3 Å². The van der Waals surface area contributed by atoms with Gasteiger partial charge in [-0.2, -0.15) is 0 Å². The summed E-state index contributed by atoms with van der Waals surface area (Å²) in [5.41, 5.74) is 6.20. The third-order valence-corrected chi connectivity index (χ3v) is 18.2. The number of ether oxygens (including phenoxy) is 2. The molecule has 2 bridgehead atoms. The van der Waals surface area contributed by atoms with E-state index in [-0.39, 0.29) is 18.3 Å². The average molecular weight is 703 g/mol. The molecule has 0 amide bonds. The summed E-state index contributed by atoms with van der Waals surface area (Å²) in [6, 6.07) is 0.656. The lowest BCUT2D eigenvalue weighted by Gasteiger charge is -2.72. The third kappa shape index (κ3) is 5.65. The maximum Gasteiger partial charge on any atom is 0.306 e. The van der Waals surface area contributed by atoms with Crippen LogP contribution in [0.3, 0.4) is 0 Å². The van der Waals surface area contributed by atoms with Crippen LogP contribution >= 0.6 is 0 Å². The number of hydrogen-bond acceptors (Lipinski definition) is 5. The van der Waals surface area contributed by atoms with Crippen molar-refractivity contribution in [2.45, 2.75) is 156 Å². The third-order valence-electron chi connectivity index (χ3n) is 18.2. The molecule has 0 aromatic carbocycles. The van der Waals surface area contributed by atoms with Crippen LogP contribution in [0.2, 0.25) is 0 Å². The molecule has 5 heteroatoms. The van der Waals surface area contributed by atoms with Gasteiger partial charge in [0, 0.05) is 39.1 Å². The number of esters is 1. The minimum Gasteiger partial charge on any atom is -0.466 e. The molecule has 3 unspecified atom stereocenters. The molecule has 2 saturated heterocycles. The van der Waals surface area contributed by atoms with Crippen LogP contribution in [0.15, 0.2) is 35.5 Å². The SMILES string of the molecule is C=C(C)[C@@H]1CC[C@]2(NCCN3CC4CC3CO4)CC[C@]3(C)[C@H](CC[C@@H]4[C@@]5(C)CC=C(C6=CCC(CC(=O)OCC)CC6)C(C)(C)[C@@H]5CC[C@]43C)[C@@H]12.[HH]. The molecule has 0 aromatic heterocycles. The first-order valence-electron chi connectivity index (χ1n) is 21.6. The quantitative estimate of drug-likeness (QED) is 0.192. The Balaban J connectivity index is 0.00000420. The van der Waals surface area contributed by atoms with E-state index in [4.69, 9.17) is 9.47 Å². The molecule has 286 valence electrons. The van der Waals surface area contributed by atoms with E-state index in [0.29, 0.717) is 59.2 Å². The van der Waals surface area contributed by atoms with E-state index in [9.17, 15) is 4.79 Å². The summed E-state index contributed by atoms with van der Waals surface area (Å²) >= 11 is 0. The van der Waals surface area contributed by atoms with Crippen molar-refractivity contribution < 1.29 is 15.7 Å². The van der Waals surface area contributed by atoms with Gasteiger partial charge in [-0.25, -0.2) is 0 Å². The number of morpholine rings is 1. The Bertz CT molecular complexity index is 1450. The zero-order valence-corrected chi connectivity index (χ0v) is 33.6. The molecule has 2 aliphatic heterocycles. The van der Waals surface area contributed by atoms with Gasteiger partial charge in [0.1, 0.15) is 0 Å². The first-order chi connectivity index (χ1) is 24.3. The maximum atomic E-state index is 12.2. The van der Waals surface area contributed by atoms with E-state index >= 15 is 0 Å². The number of allylic oxidation sites excluding steroid dienone is 5. The highest BCUT2D eigenvalue weighted by atomic mass is 16.5. The number of hydrogen-bond donors (Lipinski definition) is 1. The van der Waals surface area contributed by atoms with Gasteiger partial charge in [-0.05, 0) is 166 Å². The predicted molar refractivity (Wildman–Crippen MR) is 209 cm³/mol. The molecular weight excluding hydrogens is 629 g/mol. The van der Waals surface area contributed by atoms with Crippen LogP contribution in [-0.4, -0.2) is 61.4 Å². The molecule has 8 rings (SSSR count). The predicted octanol–water partition coefficient (Wildman–Crippen LogP) is 9.92. The number of rotatable bonds is 9. The second kappa shape index (κ2) is 13.1. The zero-order chi connectivity index (χ0) is 36.0. The lowest BCUT2D eigenvalue weighted by Crippen LogP contribution is -2.68.